The minimum atomic E-state index is 0.738. The lowest BCUT2D eigenvalue weighted by atomic mass is 10.2. The molecule has 0 spiro atoms. The van der Waals surface area contributed by atoms with Gasteiger partial charge in [0.1, 0.15) is 0 Å². The van der Waals surface area contributed by atoms with Crippen molar-refractivity contribution in [2.24, 2.45) is 0 Å². The molecule has 0 aliphatic rings. The Morgan fingerprint density at radius 3 is 2.36 bits per heavy atom. The molecule has 3 heteroatoms. The van der Waals surface area contributed by atoms with Crippen molar-refractivity contribution in [3.63, 3.8) is 0 Å². The van der Waals surface area contributed by atoms with Crippen LogP contribution in [0.15, 0.2) is 24.3 Å². The molecular weight excluding hydrogens is 253 g/mol. The fourth-order valence-electron chi connectivity index (χ4n) is 0.855. The summed E-state index contributed by atoms with van der Waals surface area (Å²) >= 11 is 2.34. The molecule has 0 aromatic heterocycles. The third-order valence-corrected chi connectivity index (χ3v) is 2.01. The Kier molecular flexibility index (Phi) is 3.65. The van der Waals surface area contributed by atoms with Gasteiger partial charge in [0.15, 0.2) is 0 Å². The summed E-state index contributed by atoms with van der Waals surface area (Å²) in [7, 11) is 0. The molecule has 1 rings (SSSR count). The number of hydrogen-bond donors (Lipinski definition) is 2. The highest BCUT2D eigenvalue weighted by Crippen LogP contribution is 2.09. The third-order valence-electron chi connectivity index (χ3n) is 1.47. The summed E-state index contributed by atoms with van der Waals surface area (Å²) in [4.78, 5) is 0. The number of alkyl halides is 1. The van der Waals surface area contributed by atoms with Gasteiger partial charge < -0.3 is 0 Å². The van der Waals surface area contributed by atoms with Crippen molar-refractivity contribution in [2.45, 2.75) is 6.42 Å². The van der Waals surface area contributed by atoms with E-state index >= 15 is 0 Å². The summed E-state index contributed by atoms with van der Waals surface area (Å²) in [6, 6.07) is 7.75. The molecule has 11 heavy (non-hydrogen) atoms. The number of anilines is 1. The number of halogens is 1. The minimum absolute atomic E-state index is 0.738. The van der Waals surface area contributed by atoms with Crippen LogP contribution in [-0.4, -0.2) is 9.63 Å². The molecule has 0 radical (unpaired) electrons. The van der Waals surface area contributed by atoms with Gasteiger partial charge in [-0.2, -0.15) is 0 Å². The zero-order chi connectivity index (χ0) is 8.10. The van der Waals surface area contributed by atoms with Crippen LogP contribution in [0.25, 0.3) is 0 Å². The molecule has 0 aliphatic heterocycles. The van der Waals surface area contributed by atoms with Crippen LogP contribution < -0.4 is 5.48 Å². The first-order valence-electron chi connectivity index (χ1n) is 3.42. The van der Waals surface area contributed by atoms with Crippen molar-refractivity contribution in [3.05, 3.63) is 29.8 Å². The Hall–Kier alpha value is -0.290. The monoisotopic (exact) mass is 263 g/mol. The van der Waals surface area contributed by atoms with E-state index in [4.69, 9.17) is 5.21 Å². The van der Waals surface area contributed by atoms with Gasteiger partial charge >= 0.3 is 0 Å². The quantitative estimate of drug-likeness (QED) is 0.499. The highest BCUT2D eigenvalue weighted by Gasteiger charge is 1.91. The maximum Gasteiger partial charge on any atom is 0.0602 e. The van der Waals surface area contributed by atoms with E-state index < -0.39 is 0 Å². The maximum absolute atomic E-state index is 8.51. The van der Waals surface area contributed by atoms with Crippen LogP contribution in [0.3, 0.4) is 0 Å². The largest absolute Gasteiger partial charge is 0.291 e. The number of benzene rings is 1. The van der Waals surface area contributed by atoms with Gasteiger partial charge in [-0.25, -0.2) is 0 Å². The van der Waals surface area contributed by atoms with Gasteiger partial charge in [0.25, 0.3) is 0 Å². The van der Waals surface area contributed by atoms with Crippen molar-refractivity contribution in [3.8, 4) is 0 Å². The average molecular weight is 263 g/mol. The Balaban J connectivity index is 2.66. The Morgan fingerprint density at radius 2 is 1.91 bits per heavy atom. The lowest BCUT2D eigenvalue weighted by molar-refractivity contribution is 0.389. The van der Waals surface area contributed by atoms with Gasteiger partial charge in [0.2, 0.25) is 0 Å². The zero-order valence-electron chi connectivity index (χ0n) is 6.05. The average Bonchev–Trinajstić information content (AvgIpc) is 2.07. The molecule has 1 aromatic rings. The fourth-order valence-corrected chi connectivity index (χ4v) is 1.48. The van der Waals surface area contributed by atoms with Gasteiger partial charge in [-0.1, -0.05) is 34.7 Å². The van der Waals surface area contributed by atoms with Gasteiger partial charge in [-0.3, -0.25) is 10.7 Å². The molecular formula is C8H10INO. The van der Waals surface area contributed by atoms with Gasteiger partial charge in [-0.15, -0.1) is 0 Å². The molecule has 0 unspecified atom stereocenters. The Labute approximate surface area is 79.7 Å². The lowest BCUT2D eigenvalue weighted by Crippen LogP contribution is -1.90. The predicted octanol–water partition coefficient (Wildman–Crippen LogP) is 2.47. The van der Waals surface area contributed by atoms with E-state index in [1.165, 1.54) is 5.56 Å². The van der Waals surface area contributed by atoms with E-state index in [9.17, 15) is 0 Å². The molecule has 1 aromatic carbocycles. The summed E-state index contributed by atoms with van der Waals surface area (Å²) < 4.78 is 1.13. The summed E-state index contributed by atoms with van der Waals surface area (Å²) in [6.45, 7) is 0. The molecule has 2 N–H and O–H groups in total. The maximum atomic E-state index is 8.51. The first kappa shape index (κ1) is 8.80. The van der Waals surface area contributed by atoms with Crippen LogP contribution in [-0.2, 0) is 6.42 Å². The number of aryl methyl sites for hydroxylation is 1. The molecule has 0 fully saturated rings. The van der Waals surface area contributed by atoms with E-state index in [0.717, 1.165) is 16.5 Å². The van der Waals surface area contributed by atoms with Crippen LogP contribution in [0.2, 0.25) is 0 Å². The van der Waals surface area contributed by atoms with Gasteiger partial charge in [0.05, 0.1) is 5.69 Å². The van der Waals surface area contributed by atoms with Crippen LogP contribution in [0.1, 0.15) is 5.56 Å². The Morgan fingerprint density at radius 1 is 1.27 bits per heavy atom. The molecule has 0 heterocycles. The zero-order valence-corrected chi connectivity index (χ0v) is 8.21. The smallest absolute Gasteiger partial charge is 0.0602 e. The molecule has 0 bridgehead atoms. The van der Waals surface area contributed by atoms with Crippen molar-refractivity contribution in [1.29, 1.82) is 0 Å². The molecule has 2 nitrogen and oxygen atoms in total. The molecule has 0 saturated carbocycles. The van der Waals surface area contributed by atoms with Crippen LogP contribution in [0.5, 0.6) is 0 Å². The number of nitrogens with one attached hydrogen (secondary N) is 1. The summed E-state index contributed by atoms with van der Waals surface area (Å²) in [5, 5.41) is 8.51. The van der Waals surface area contributed by atoms with Gasteiger partial charge in [-0.05, 0) is 24.1 Å². The second-order valence-electron chi connectivity index (χ2n) is 2.25. The topological polar surface area (TPSA) is 32.3 Å². The standard InChI is InChI=1S/C8H10INO/c9-6-5-7-1-3-8(10-11)4-2-7/h1-4,10-11H,5-6H2. The molecule has 0 atom stereocenters. The first-order chi connectivity index (χ1) is 5.36. The summed E-state index contributed by atoms with van der Waals surface area (Å²) in [5.41, 5.74) is 4.14. The number of rotatable bonds is 3. The lowest BCUT2D eigenvalue weighted by Gasteiger charge is -1.99. The number of hydrogen-bond acceptors (Lipinski definition) is 2. The Bertz CT molecular complexity index is 210. The van der Waals surface area contributed by atoms with Crippen LogP contribution in [0.4, 0.5) is 5.69 Å². The van der Waals surface area contributed by atoms with Crippen molar-refractivity contribution >= 4 is 28.3 Å². The van der Waals surface area contributed by atoms with Gasteiger partial charge in [0, 0.05) is 4.43 Å². The summed E-state index contributed by atoms with van der Waals surface area (Å²) in [6.07, 6.45) is 1.09. The van der Waals surface area contributed by atoms with E-state index in [1.54, 1.807) is 0 Å². The molecule has 0 amide bonds. The molecule has 0 saturated heterocycles. The first-order valence-corrected chi connectivity index (χ1v) is 4.94. The van der Waals surface area contributed by atoms with Crippen molar-refractivity contribution in [1.82, 2.24) is 0 Å². The predicted molar refractivity (Wildman–Crippen MR) is 54.4 cm³/mol. The second kappa shape index (κ2) is 4.56. The fraction of sp³-hybridized carbons (Fsp3) is 0.250. The highest BCUT2D eigenvalue weighted by molar-refractivity contribution is 14.1. The normalized spacial score (nSPS) is 9.64. The van der Waals surface area contributed by atoms with E-state index in [0.29, 0.717) is 0 Å². The molecule has 60 valence electrons. The van der Waals surface area contributed by atoms with Crippen LogP contribution in [0, 0.1) is 0 Å². The van der Waals surface area contributed by atoms with E-state index in [-0.39, 0.29) is 0 Å². The molecule has 0 aliphatic carbocycles. The van der Waals surface area contributed by atoms with Crippen LogP contribution >= 0.6 is 22.6 Å². The third kappa shape index (κ3) is 2.67. The SMILES string of the molecule is ONc1ccc(CCI)cc1. The van der Waals surface area contributed by atoms with E-state index in [1.807, 2.05) is 24.3 Å². The second-order valence-corrected chi connectivity index (χ2v) is 3.33. The van der Waals surface area contributed by atoms with E-state index in [2.05, 4.69) is 28.1 Å². The van der Waals surface area contributed by atoms with Crippen molar-refractivity contribution < 1.29 is 5.21 Å². The highest BCUT2D eigenvalue weighted by atomic mass is 127. The summed E-state index contributed by atoms with van der Waals surface area (Å²) in [5.74, 6) is 0. The van der Waals surface area contributed by atoms with Crippen molar-refractivity contribution in [2.75, 3.05) is 9.91 Å². The minimum Gasteiger partial charge on any atom is -0.291 e.